The molecular weight excluding hydrogens is 340 g/mol. The van der Waals surface area contributed by atoms with Gasteiger partial charge in [-0.1, -0.05) is 30.2 Å². The lowest BCUT2D eigenvalue weighted by atomic mass is 9.85. The van der Waals surface area contributed by atoms with Crippen LogP contribution in [0.4, 0.5) is 4.79 Å². The maximum absolute atomic E-state index is 12.4. The second-order valence-corrected chi connectivity index (χ2v) is 7.99. The van der Waals surface area contributed by atoms with E-state index in [1.54, 1.807) is 6.07 Å². The van der Waals surface area contributed by atoms with Crippen LogP contribution in [0.5, 0.6) is 0 Å². The predicted molar refractivity (Wildman–Crippen MR) is 98.4 cm³/mol. The van der Waals surface area contributed by atoms with Crippen molar-refractivity contribution in [1.29, 1.82) is 0 Å². The highest BCUT2D eigenvalue weighted by Gasteiger charge is 2.29. The summed E-state index contributed by atoms with van der Waals surface area (Å²) in [4.78, 5) is 24.3. The number of amides is 2. The van der Waals surface area contributed by atoms with Crippen LogP contribution in [0.2, 0.25) is 5.02 Å². The van der Waals surface area contributed by atoms with E-state index >= 15 is 0 Å². The molecule has 0 heterocycles. The summed E-state index contributed by atoms with van der Waals surface area (Å²) < 4.78 is 5.29. The number of halogens is 1. The molecular formula is C19H27ClN2O3. The molecule has 0 spiro atoms. The molecule has 1 aliphatic rings. The SMILES string of the molecule is CC(C)(C)OC(=O)N[C@@H]1CCC[C@@H](C(=O)NCc2cccc(Cl)c2)C1. The molecule has 138 valence electrons. The van der Waals surface area contributed by atoms with Gasteiger partial charge in [0.05, 0.1) is 0 Å². The van der Waals surface area contributed by atoms with Crippen molar-refractivity contribution >= 4 is 23.6 Å². The summed E-state index contributed by atoms with van der Waals surface area (Å²) in [5, 5.41) is 6.51. The Morgan fingerprint density at radius 1 is 1.28 bits per heavy atom. The number of nitrogens with one attached hydrogen (secondary N) is 2. The highest BCUT2D eigenvalue weighted by atomic mass is 35.5. The van der Waals surface area contributed by atoms with E-state index in [4.69, 9.17) is 16.3 Å². The van der Waals surface area contributed by atoms with E-state index in [1.807, 2.05) is 39.0 Å². The Kier molecular flexibility index (Phi) is 6.71. The fraction of sp³-hybridized carbons (Fsp3) is 0.579. The quantitative estimate of drug-likeness (QED) is 0.845. The first-order valence-corrected chi connectivity index (χ1v) is 9.12. The first-order chi connectivity index (χ1) is 11.7. The van der Waals surface area contributed by atoms with Gasteiger partial charge in [0.2, 0.25) is 5.91 Å². The molecule has 1 fully saturated rings. The zero-order chi connectivity index (χ0) is 18.4. The Bertz CT molecular complexity index is 613. The van der Waals surface area contributed by atoms with Gasteiger partial charge in [0.1, 0.15) is 5.60 Å². The minimum atomic E-state index is -0.521. The fourth-order valence-corrected chi connectivity index (χ4v) is 3.23. The monoisotopic (exact) mass is 366 g/mol. The van der Waals surface area contributed by atoms with Gasteiger partial charge >= 0.3 is 6.09 Å². The minimum Gasteiger partial charge on any atom is -0.444 e. The molecule has 25 heavy (non-hydrogen) atoms. The van der Waals surface area contributed by atoms with Gasteiger partial charge in [0, 0.05) is 23.5 Å². The second-order valence-electron chi connectivity index (χ2n) is 7.55. The van der Waals surface area contributed by atoms with E-state index in [1.165, 1.54) is 0 Å². The third-order valence-electron chi connectivity index (χ3n) is 4.12. The average Bonchev–Trinajstić information content (AvgIpc) is 2.51. The molecule has 2 atom stereocenters. The lowest BCUT2D eigenvalue weighted by Crippen LogP contribution is -2.44. The number of alkyl carbamates (subject to hydrolysis) is 1. The van der Waals surface area contributed by atoms with Crippen molar-refractivity contribution in [2.24, 2.45) is 5.92 Å². The molecule has 0 saturated heterocycles. The van der Waals surface area contributed by atoms with Crippen LogP contribution in [0.25, 0.3) is 0 Å². The summed E-state index contributed by atoms with van der Waals surface area (Å²) in [5.74, 6) is -0.0662. The molecule has 1 aromatic carbocycles. The fourth-order valence-electron chi connectivity index (χ4n) is 3.01. The molecule has 0 aromatic heterocycles. The van der Waals surface area contributed by atoms with Gasteiger partial charge in [-0.25, -0.2) is 4.79 Å². The summed E-state index contributed by atoms with van der Waals surface area (Å²) >= 11 is 5.96. The molecule has 2 rings (SSSR count). The highest BCUT2D eigenvalue weighted by Crippen LogP contribution is 2.25. The molecule has 2 N–H and O–H groups in total. The third-order valence-corrected chi connectivity index (χ3v) is 4.36. The molecule has 1 saturated carbocycles. The van der Waals surface area contributed by atoms with E-state index in [-0.39, 0.29) is 17.9 Å². The van der Waals surface area contributed by atoms with Crippen LogP contribution >= 0.6 is 11.6 Å². The number of rotatable bonds is 4. The highest BCUT2D eigenvalue weighted by molar-refractivity contribution is 6.30. The van der Waals surface area contributed by atoms with Gasteiger partial charge in [0.25, 0.3) is 0 Å². The Labute approximate surface area is 154 Å². The normalized spacial score (nSPS) is 20.6. The molecule has 0 bridgehead atoms. The van der Waals surface area contributed by atoms with Crippen molar-refractivity contribution in [1.82, 2.24) is 10.6 Å². The summed E-state index contributed by atoms with van der Waals surface area (Å²) in [6.07, 6.45) is 2.85. The third kappa shape index (κ3) is 6.94. The molecule has 5 nitrogen and oxygen atoms in total. The summed E-state index contributed by atoms with van der Waals surface area (Å²) in [5.41, 5.74) is 0.451. The maximum atomic E-state index is 12.4. The van der Waals surface area contributed by atoms with Gasteiger partial charge in [-0.05, 0) is 57.7 Å². The number of carbonyl (C=O) groups excluding carboxylic acids is 2. The lowest BCUT2D eigenvalue weighted by Gasteiger charge is -2.30. The Balaban J connectivity index is 1.81. The predicted octanol–water partition coefficient (Wildman–Crippen LogP) is 4.04. The Hall–Kier alpha value is -1.75. The number of carbonyl (C=O) groups is 2. The Morgan fingerprint density at radius 2 is 2.04 bits per heavy atom. The van der Waals surface area contributed by atoms with E-state index in [9.17, 15) is 9.59 Å². The smallest absolute Gasteiger partial charge is 0.407 e. The van der Waals surface area contributed by atoms with Crippen LogP contribution < -0.4 is 10.6 Å². The zero-order valence-electron chi connectivity index (χ0n) is 15.1. The minimum absolute atomic E-state index is 0.0227. The van der Waals surface area contributed by atoms with Crippen molar-refractivity contribution in [3.8, 4) is 0 Å². The summed E-state index contributed by atoms with van der Waals surface area (Å²) in [7, 11) is 0. The average molecular weight is 367 g/mol. The van der Waals surface area contributed by atoms with E-state index in [2.05, 4.69) is 10.6 Å². The van der Waals surface area contributed by atoms with Gasteiger partial charge in [-0.2, -0.15) is 0 Å². The van der Waals surface area contributed by atoms with Crippen LogP contribution in [0.1, 0.15) is 52.0 Å². The molecule has 0 aliphatic heterocycles. The molecule has 0 radical (unpaired) electrons. The van der Waals surface area contributed by atoms with Crippen LogP contribution in [0.3, 0.4) is 0 Å². The standard InChI is InChI=1S/C19H27ClN2O3/c1-19(2,3)25-18(24)22-16-9-5-7-14(11-16)17(23)21-12-13-6-4-8-15(20)10-13/h4,6,8,10,14,16H,5,7,9,11-12H2,1-3H3,(H,21,23)(H,22,24)/t14-,16-/m1/s1. The molecule has 1 aliphatic carbocycles. The Morgan fingerprint density at radius 3 is 2.72 bits per heavy atom. The van der Waals surface area contributed by atoms with E-state index < -0.39 is 11.7 Å². The molecule has 0 unspecified atom stereocenters. The van der Waals surface area contributed by atoms with Gasteiger partial charge in [-0.15, -0.1) is 0 Å². The molecule has 6 heteroatoms. The van der Waals surface area contributed by atoms with Crippen molar-refractivity contribution in [2.75, 3.05) is 0 Å². The number of hydrogen-bond acceptors (Lipinski definition) is 3. The van der Waals surface area contributed by atoms with Crippen molar-refractivity contribution in [3.05, 3.63) is 34.9 Å². The first kappa shape index (κ1) is 19.6. The first-order valence-electron chi connectivity index (χ1n) is 8.74. The number of ether oxygens (including phenoxy) is 1. The van der Waals surface area contributed by atoms with E-state index in [0.29, 0.717) is 18.0 Å². The maximum Gasteiger partial charge on any atom is 0.407 e. The summed E-state index contributed by atoms with van der Waals surface area (Å²) in [6, 6.07) is 7.42. The van der Waals surface area contributed by atoms with Gasteiger partial charge < -0.3 is 15.4 Å². The largest absolute Gasteiger partial charge is 0.444 e. The van der Waals surface area contributed by atoms with Gasteiger partial charge in [-0.3, -0.25) is 4.79 Å². The molecule has 2 amide bonds. The molecule has 1 aromatic rings. The summed E-state index contributed by atoms with van der Waals surface area (Å²) in [6.45, 7) is 5.96. The topological polar surface area (TPSA) is 67.4 Å². The lowest BCUT2D eigenvalue weighted by molar-refractivity contribution is -0.126. The van der Waals surface area contributed by atoms with Crippen LogP contribution in [0.15, 0.2) is 24.3 Å². The van der Waals surface area contributed by atoms with Crippen LogP contribution in [-0.4, -0.2) is 23.6 Å². The zero-order valence-corrected chi connectivity index (χ0v) is 15.9. The number of hydrogen-bond donors (Lipinski definition) is 2. The number of benzene rings is 1. The van der Waals surface area contributed by atoms with E-state index in [0.717, 1.165) is 24.8 Å². The van der Waals surface area contributed by atoms with Crippen LogP contribution in [0, 0.1) is 5.92 Å². The van der Waals surface area contributed by atoms with Crippen molar-refractivity contribution in [3.63, 3.8) is 0 Å². The van der Waals surface area contributed by atoms with Crippen molar-refractivity contribution in [2.45, 2.75) is 64.6 Å². The second kappa shape index (κ2) is 8.56. The van der Waals surface area contributed by atoms with Gasteiger partial charge in [0.15, 0.2) is 0 Å². The van der Waals surface area contributed by atoms with Crippen LogP contribution in [-0.2, 0) is 16.1 Å². The van der Waals surface area contributed by atoms with Crippen molar-refractivity contribution < 1.29 is 14.3 Å².